The second-order valence-electron chi connectivity index (χ2n) is 5.61. The zero-order valence-corrected chi connectivity index (χ0v) is 14.7. The van der Waals surface area contributed by atoms with Crippen LogP contribution in [-0.4, -0.2) is 33.7 Å². The molecule has 1 fully saturated rings. The third-order valence-corrected chi connectivity index (χ3v) is 5.90. The van der Waals surface area contributed by atoms with Gasteiger partial charge in [-0.3, -0.25) is 4.90 Å². The molecule has 2 aromatic carbocycles. The Morgan fingerprint density at radius 1 is 1.00 bits per heavy atom. The number of nitrogens with zero attached hydrogens (tertiary/aromatic N) is 1. The van der Waals surface area contributed by atoms with Crippen molar-refractivity contribution >= 4 is 22.7 Å². The van der Waals surface area contributed by atoms with E-state index in [0.29, 0.717) is 6.54 Å². The van der Waals surface area contributed by atoms with Crippen LogP contribution in [0.1, 0.15) is 11.1 Å². The van der Waals surface area contributed by atoms with Crippen molar-refractivity contribution in [2.24, 2.45) is 0 Å². The van der Waals surface area contributed by atoms with Crippen LogP contribution < -0.4 is 4.72 Å². The number of rotatable bonds is 6. The molecular weight excluding hydrogens is 324 g/mol. The molecule has 0 aliphatic carbocycles. The molecule has 1 N–H and O–H groups in total. The summed E-state index contributed by atoms with van der Waals surface area (Å²) in [5.74, 6) is 2.43. The fourth-order valence-corrected chi connectivity index (χ4v) is 4.51. The maximum atomic E-state index is 12.4. The molecule has 0 spiro atoms. The molecule has 1 aliphatic rings. The Balaban J connectivity index is 1.58. The van der Waals surface area contributed by atoms with E-state index in [2.05, 4.69) is 21.8 Å². The maximum absolute atomic E-state index is 12.4. The number of hydrogen-bond donors (Lipinski definition) is 1. The summed E-state index contributed by atoms with van der Waals surface area (Å²) >= 11 is 2.02. The van der Waals surface area contributed by atoms with Crippen LogP contribution in [0.4, 0.5) is 0 Å². The molecule has 0 saturated carbocycles. The van der Waals surface area contributed by atoms with E-state index < -0.39 is 11.0 Å². The van der Waals surface area contributed by atoms with Crippen molar-refractivity contribution in [1.29, 1.82) is 0 Å². The first kappa shape index (κ1) is 16.7. The highest BCUT2D eigenvalue weighted by Gasteiger charge is 2.11. The lowest BCUT2D eigenvalue weighted by Gasteiger charge is -2.26. The summed E-state index contributed by atoms with van der Waals surface area (Å²) in [6.45, 7) is 3.85. The summed E-state index contributed by atoms with van der Waals surface area (Å²) in [5, 5.41) is 0. The third kappa shape index (κ3) is 5.18. The van der Waals surface area contributed by atoms with Crippen molar-refractivity contribution in [3.63, 3.8) is 0 Å². The molecule has 0 bridgehead atoms. The van der Waals surface area contributed by atoms with Gasteiger partial charge in [-0.1, -0.05) is 42.5 Å². The lowest BCUT2D eigenvalue weighted by molar-refractivity contribution is 0.294. The number of thioether (sulfide) groups is 1. The van der Waals surface area contributed by atoms with Crippen molar-refractivity contribution in [2.45, 2.75) is 18.0 Å². The largest absolute Gasteiger partial charge is 0.297 e. The van der Waals surface area contributed by atoms with Crippen molar-refractivity contribution in [3.05, 3.63) is 65.7 Å². The Morgan fingerprint density at radius 2 is 1.74 bits per heavy atom. The van der Waals surface area contributed by atoms with E-state index >= 15 is 0 Å². The normalized spacial score (nSPS) is 17.0. The average molecular weight is 347 g/mol. The van der Waals surface area contributed by atoms with Crippen LogP contribution in [-0.2, 0) is 24.1 Å². The Kier molecular flexibility index (Phi) is 6.28. The lowest BCUT2D eigenvalue weighted by atomic mass is 10.2. The molecule has 5 heteroatoms. The predicted molar refractivity (Wildman–Crippen MR) is 98.7 cm³/mol. The molecule has 3 nitrogen and oxygen atoms in total. The Labute approximate surface area is 145 Å². The first-order valence-electron chi connectivity index (χ1n) is 7.89. The van der Waals surface area contributed by atoms with Gasteiger partial charge in [0.25, 0.3) is 0 Å². The molecule has 1 aliphatic heterocycles. The molecular formula is C18H22N2OS2. The van der Waals surface area contributed by atoms with Gasteiger partial charge in [-0.25, -0.2) is 8.93 Å². The second-order valence-corrected chi connectivity index (χ2v) is 8.13. The van der Waals surface area contributed by atoms with Crippen LogP contribution in [0.15, 0.2) is 59.5 Å². The molecule has 122 valence electrons. The molecule has 0 aromatic heterocycles. The Hall–Kier alpha value is -1.14. The van der Waals surface area contributed by atoms with Crippen LogP contribution in [0.3, 0.4) is 0 Å². The van der Waals surface area contributed by atoms with Gasteiger partial charge in [0.05, 0.1) is 4.90 Å². The highest BCUT2D eigenvalue weighted by Crippen LogP contribution is 2.15. The first-order valence-corrected chi connectivity index (χ1v) is 10.2. The molecule has 3 rings (SSSR count). The summed E-state index contributed by atoms with van der Waals surface area (Å²) in [7, 11) is -1.17. The van der Waals surface area contributed by atoms with Gasteiger partial charge in [-0.15, -0.1) is 0 Å². The van der Waals surface area contributed by atoms with Gasteiger partial charge in [0.15, 0.2) is 0 Å². The standard InChI is InChI=1S/C18H22N2OS2/c21-23(19-14-16-5-2-1-3-6-16)18-8-4-7-17(13-18)15-20-9-11-22-12-10-20/h1-8,13,19H,9-12,14-15H2. The highest BCUT2D eigenvalue weighted by atomic mass is 32.2. The molecule has 1 saturated heterocycles. The van der Waals surface area contributed by atoms with Crippen molar-refractivity contribution < 1.29 is 4.21 Å². The van der Waals surface area contributed by atoms with E-state index in [1.807, 2.05) is 54.2 Å². The monoisotopic (exact) mass is 346 g/mol. The maximum Gasteiger partial charge on any atom is 0.125 e. The van der Waals surface area contributed by atoms with E-state index in [1.54, 1.807) is 0 Å². The fourth-order valence-electron chi connectivity index (χ4n) is 2.60. The van der Waals surface area contributed by atoms with E-state index in [-0.39, 0.29) is 0 Å². The second kappa shape index (κ2) is 8.64. The molecule has 2 aromatic rings. The van der Waals surface area contributed by atoms with Gasteiger partial charge in [0, 0.05) is 37.7 Å². The van der Waals surface area contributed by atoms with Gasteiger partial charge >= 0.3 is 0 Å². The van der Waals surface area contributed by atoms with Crippen LogP contribution >= 0.6 is 11.8 Å². The summed E-state index contributed by atoms with van der Waals surface area (Å²) in [5.41, 5.74) is 2.38. The molecule has 1 heterocycles. The zero-order valence-electron chi connectivity index (χ0n) is 13.1. The predicted octanol–water partition coefficient (Wildman–Crippen LogP) is 3.05. The van der Waals surface area contributed by atoms with Gasteiger partial charge < -0.3 is 0 Å². The van der Waals surface area contributed by atoms with E-state index in [0.717, 1.165) is 30.1 Å². The topological polar surface area (TPSA) is 32.3 Å². The summed E-state index contributed by atoms with van der Waals surface area (Å²) in [4.78, 5) is 3.32. The molecule has 1 unspecified atom stereocenters. The quantitative estimate of drug-likeness (QED) is 0.872. The van der Waals surface area contributed by atoms with Crippen LogP contribution in [0.5, 0.6) is 0 Å². The minimum atomic E-state index is -1.17. The van der Waals surface area contributed by atoms with Gasteiger partial charge in [0.1, 0.15) is 11.0 Å². The third-order valence-electron chi connectivity index (χ3n) is 3.87. The van der Waals surface area contributed by atoms with Crippen molar-refractivity contribution in [3.8, 4) is 0 Å². The SMILES string of the molecule is O=S(NCc1ccccc1)c1cccc(CN2CCSCC2)c1. The number of hydrogen-bond acceptors (Lipinski definition) is 3. The van der Waals surface area contributed by atoms with Crippen LogP contribution in [0.25, 0.3) is 0 Å². The average Bonchev–Trinajstić information content (AvgIpc) is 2.62. The minimum absolute atomic E-state index is 0.612. The minimum Gasteiger partial charge on any atom is -0.297 e. The lowest BCUT2D eigenvalue weighted by Crippen LogP contribution is -2.32. The number of benzene rings is 2. The molecule has 0 amide bonds. The van der Waals surface area contributed by atoms with Gasteiger partial charge in [-0.05, 0) is 23.3 Å². The molecule has 23 heavy (non-hydrogen) atoms. The van der Waals surface area contributed by atoms with Crippen molar-refractivity contribution in [1.82, 2.24) is 9.62 Å². The van der Waals surface area contributed by atoms with E-state index in [4.69, 9.17) is 0 Å². The van der Waals surface area contributed by atoms with Gasteiger partial charge in [-0.2, -0.15) is 11.8 Å². The van der Waals surface area contributed by atoms with Crippen LogP contribution in [0.2, 0.25) is 0 Å². The summed E-state index contributed by atoms with van der Waals surface area (Å²) in [6, 6.07) is 18.2. The van der Waals surface area contributed by atoms with E-state index in [9.17, 15) is 4.21 Å². The zero-order chi connectivity index (χ0) is 15.9. The molecule has 1 atom stereocenters. The first-order chi connectivity index (χ1) is 11.3. The smallest absolute Gasteiger partial charge is 0.125 e. The molecule has 0 radical (unpaired) electrons. The Morgan fingerprint density at radius 3 is 2.52 bits per heavy atom. The fraction of sp³-hybridized carbons (Fsp3) is 0.333. The van der Waals surface area contributed by atoms with Crippen LogP contribution in [0, 0.1) is 0 Å². The van der Waals surface area contributed by atoms with Crippen molar-refractivity contribution in [2.75, 3.05) is 24.6 Å². The number of nitrogens with one attached hydrogen (secondary N) is 1. The Bertz CT molecular complexity index is 642. The highest BCUT2D eigenvalue weighted by molar-refractivity contribution is 7.99. The summed E-state index contributed by atoms with van der Waals surface area (Å²) in [6.07, 6.45) is 0. The summed E-state index contributed by atoms with van der Waals surface area (Å²) < 4.78 is 15.5. The van der Waals surface area contributed by atoms with E-state index in [1.165, 1.54) is 17.1 Å². The van der Waals surface area contributed by atoms with Gasteiger partial charge in [0.2, 0.25) is 0 Å².